The molecule has 1 fully saturated rings. The Hall–Kier alpha value is -2.11. The van der Waals surface area contributed by atoms with E-state index in [1.807, 2.05) is 12.1 Å². The minimum atomic E-state index is 0.0963. The van der Waals surface area contributed by atoms with Crippen LogP contribution in [0.3, 0.4) is 0 Å². The maximum Gasteiger partial charge on any atom is 0.226 e. The normalized spacial score (nSPS) is 19.8. The fourth-order valence-corrected chi connectivity index (χ4v) is 2.74. The molecule has 0 N–H and O–H groups in total. The number of carbonyl (C=O) groups excluding carboxylic acids is 1. The van der Waals surface area contributed by atoms with E-state index in [1.165, 1.54) is 6.42 Å². The Morgan fingerprint density at radius 2 is 2.22 bits per heavy atom. The Labute approximate surface area is 135 Å². The topological polar surface area (TPSA) is 72.4 Å². The summed E-state index contributed by atoms with van der Waals surface area (Å²) in [6, 6.07) is 4.02. The maximum atomic E-state index is 12.2. The molecule has 2 aromatic heterocycles. The summed E-state index contributed by atoms with van der Waals surface area (Å²) < 4.78 is 10.9. The van der Waals surface area contributed by atoms with Crippen LogP contribution in [0.25, 0.3) is 0 Å². The highest BCUT2D eigenvalue weighted by Gasteiger charge is 2.36. The van der Waals surface area contributed by atoms with Crippen molar-refractivity contribution in [1.29, 1.82) is 0 Å². The molecule has 1 amide bonds. The average molecular weight is 317 g/mol. The van der Waals surface area contributed by atoms with Gasteiger partial charge < -0.3 is 13.8 Å². The van der Waals surface area contributed by atoms with E-state index in [4.69, 9.17) is 8.94 Å². The van der Waals surface area contributed by atoms with Crippen LogP contribution in [0, 0.1) is 12.8 Å². The SMILES string of the molecule is Cc1noc(CCCC(=O)N(C)Cc2ccc([C@@H]3C[C@@H]3C)o2)n1. The second-order valence-electron chi connectivity index (χ2n) is 6.46. The zero-order chi connectivity index (χ0) is 16.4. The number of rotatable bonds is 7. The van der Waals surface area contributed by atoms with E-state index in [1.54, 1.807) is 18.9 Å². The number of nitrogens with zero attached hydrogens (tertiary/aromatic N) is 3. The molecule has 2 atom stereocenters. The first-order valence-corrected chi connectivity index (χ1v) is 8.14. The van der Waals surface area contributed by atoms with Gasteiger partial charge >= 0.3 is 0 Å². The number of aromatic nitrogens is 2. The zero-order valence-electron chi connectivity index (χ0n) is 13.9. The Balaban J connectivity index is 1.43. The highest BCUT2D eigenvalue weighted by molar-refractivity contribution is 5.75. The van der Waals surface area contributed by atoms with Gasteiger partial charge in [0.1, 0.15) is 11.5 Å². The lowest BCUT2D eigenvalue weighted by molar-refractivity contribution is -0.130. The highest BCUT2D eigenvalue weighted by Crippen LogP contribution is 2.47. The molecule has 124 valence electrons. The van der Waals surface area contributed by atoms with Gasteiger partial charge in [0.15, 0.2) is 5.82 Å². The molecule has 0 saturated heterocycles. The van der Waals surface area contributed by atoms with Crippen LogP contribution in [0.5, 0.6) is 0 Å². The third-order valence-electron chi connectivity index (χ3n) is 4.33. The largest absolute Gasteiger partial charge is 0.464 e. The lowest BCUT2D eigenvalue weighted by Gasteiger charge is -2.15. The maximum absolute atomic E-state index is 12.2. The Bertz CT molecular complexity index is 676. The summed E-state index contributed by atoms with van der Waals surface area (Å²) in [6.07, 6.45) is 3.00. The molecule has 1 aliphatic carbocycles. The van der Waals surface area contributed by atoms with E-state index in [-0.39, 0.29) is 5.91 Å². The monoisotopic (exact) mass is 317 g/mol. The fraction of sp³-hybridized carbons (Fsp3) is 0.588. The molecule has 2 heterocycles. The predicted molar refractivity (Wildman–Crippen MR) is 83.7 cm³/mol. The second kappa shape index (κ2) is 6.56. The van der Waals surface area contributed by atoms with Crippen molar-refractivity contribution in [3.05, 3.63) is 35.4 Å². The van der Waals surface area contributed by atoms with Gasteiger partial charge in [0.2, 0.25) is 11.8 Å². The second-order valence-corrected chi connectivity index (χ2v) is 6.46. The van der Waals surface area contributed by atoms with Crippen LogP contribution in [0.4, 0.5) is 0 Å². The molecule has 1 saturated carbocycles. The van der Waals surface area contributed by atoms with Crippen molar-refractivity contribution in [2.24, 2.45) is 5.92 Å². The lowest BCUT2D eigenvalue weighted by Crippen LogP contribution is -2.25. The molecule has 0 spiro atoms. The van der Waals surface area contributed by atoms with Gasteiger partial charge in [-0.3, -0.25) is 4.79 Å². The molecular weight excluding hydrogens is 294 g/mol. The van der Waals surface area contributed by atoms with Crippen LogP contribution in [-0.4, -0.2) is 28.0 Å². The summed E-state index contributed by atoms with van der Waals surface area (Å²) >= 11 is 0. The fourth-order valence-electron chi connectivity index (χ4n) is 2.74. The van der Waals surface area contributed by atoms with Crippen LogP contribution in [0.15, 0.2) is 21.1 Å². The van der Waals surface area contributed by atoms with Crippen LogP contribution in [0.1, 0.15) is 55.3 Å². The summed E-state index contributed by atoms with van der Waals surface area (Å²) in [7, 11) is 1.81. The summed E-state index contributed by atoms with van der Waals surface area (Å²) in [5.41, 5.74) is 0. The highest BCUT2D eigenvalue weighted by atomic mass is 16.5. The van der Waals surface area contributed by atoms with Crippen LogP contribution in [0.2, 0.25) is 0 Å². The van der Waals surface area contributed by atoms with Crippen molar-refractivity contribution < 1.29 is 13.7 Å². The van der Waals surface area contributed by atoms with Crippen molar-refractivity contribution in [2.45, 2.75) is 52.0 Å². The molecule has 3 rings (SSSR count). The van der Waals surface area contributed by atoms with Gasteiger partial charge in [-0.2, -0.15) is 4.98 Å². The van der Waals surface area contributed by atoms with E-state index < -0.39 is 0 Å². The number of hydrogen-bond donors (Lipinski definition) is 0. The Morgan fingerprint density at radius 1 is 1.43 bits per heavy atom. The lowest BCUT2D eigenvalue weighted by atomic mass is 10.2. The summed E-state index contributed by atoms with van der Waals surface area (Å²) in [5, 5.41) is 3.74. The van der Waals surface area contributed by atoms with Gasteiger partial charge in [-0.1, -0.05) is 12.1 Å². The molecule has 0 aliphatic heterocycles. The first kappa shape index (κ1) is 15.8. The number of amides is 1. The van der Waals surface area contributed by atoms with Gasteiger partial charge in [0, 0.05) is 25.8 Å². The van der Waals surface area contributed by atoms with Crippen LogP contribution in [-0.2, 0) is 17.8 Å². The van der Waals surface area contributed by atoms with E-state index in [0.29, 0.717) is 43.4 Å². The standard InChI is InChI=1S/C17H23N3O3/c1-11-9-14(11)15-8-7-13(22-15)10-20(3)17(21)6-4-5-16-18-12(2)19-23-16/h7-8,11,14H,4-6,9-10H2,1-3H3/t11-,14+/m0/s1. The van der Waals surface area contributed by atoms with E-state index in [2.05, 4.69) is 17.1 Å². The quantitative estimate of drug-likeness (QED) is 0.784. The smallest absolute Gasteiger partial charge is 0.226 e. The van der Waals surface area contributed by atoms with E-state index in [9.17, 15) is 4.79 Å². The molecule has 23 heavy (non-hydrogen) atoms. The molecule has 6 nitrogen and oxygen atoms in total. The summed E-state index contributed by atoms with van der Waals surface area (Å²) in [4.78, 5) is 18.0. The molecule has 2 aromatic rings. The molecule has 6 heteroatoms. The zero-order valence-corrected chi connectivity index (χ0v) is 13.9. The first-order chi connectivity index (χ1) is 11.0. The number of carbonyl (C=O) groups is 1. The van der Waals surface area contributed by atoms with Crippen molar-refractivity contribution in [3.8, 4) is 0 Å². The molecule has 0 radical (unpaired) electrons. The molecule has 0 unspecified atom stereocenters. The van der Waals surface area contributed by atoms with E-state index >= 15 is 0 Å². The predicted octanol–water partition coefficient (Wildman–Crippen LogP) is 3.08. The molecule has 0 aromatic carbocycles. The molecule has 1 aliphatic rings. The first-order valence-electron chi connectivity index (χ1n) is 8.14. The van der Waals surface area contributed by atoms with Gasteiger partial charge in [-0.15, -0.1) is 0 Å². The van der Waals surface area contributed by atoms with Crippen molar-refractivity contribution in [2.75, 3.05) is 7.05 Å². The van der Waals surface area contributed by atoms with Gasteiger partial charge in [-0.25, -0.2) is 0 Å². The van der Waals surface area contributed by atoms with Crippen molar-refractivity contribution in [1.82, 2.24) is 15.0 Å². The summed E-state index contributed by atoms with van der Waals surface area (Å²) in [5.74, 6) is 4.51. The third kappa shape index (κ3) is 4.00. The van der Waals surface area contributed by atoms with Crippen molar-refractivity contribution in [3.63, 3.8) is 0 Å². The number of aryl methyl sites for hydroxylation is 2. The van der Waals surface area contributed by atoms with Crippen LogP contribution >= 0.6 is 0 Å². The minimum Gasteiger partial charge on any atom is -0.464 e. The van der Waals surface area contributed by atoms with Crippen LogP contribution < -0.4 is 0 Å². The van der Waals surface area contributed by atoms with Gasteiger partial charge in [0.05, 0.1) is 6.54 Å². The number of hydrogen-bond acceptors (Lipinski definition) is 5. The van der Waals surface area contributed by atoms with E-state index in [0.717, 1.165) is 17.4 Å². The Morgan fingerprint density at radius 3 is 2.87 bits per heavy atom. The number of furan rings is 1. The van der Waals surface area contributed by atoms with Gasteiger partial charge in [0.25, 0.3) is 0 Å². The molecular formula is C17H23N3O3. The van der Waals surface area contributed by atoms with Crippen molar-refractivity contribution >= 4 is 5.91 Å². The third-order valence-corrected chi connectivity index (χ3v) is 4.33. The Kier molecular flexibility index (Phi) is 4.50. The average Bonchev–Trinajstić information content (AvgIpc) is 2.89. The summed E-state index contributed by atoms with van der Waals surface area (Å²) in [6.45, 7) is 4.53. The minimum absolute atomic E-state index is 0.0963. The molecule has 0 bridgehead atoms. The van der Waals surface area contributed by atoms with Gasteiger partial charge in [-0.05, 0) is 37.8 Å².